The highest BCUT2D eigenvalue weighted by Crippen LogP contribution is 2.29. The molecule has 1 saturated carbocycles. The van der Waals surface area contributed by atoms with E-state index in [0.717, 1.165) is 38.6 Å². The van der Waals surface area contributed by atoms with Gasteiger partial charge in [-0.2, -0.15) is 0 Å². The molecule has 2 aliphatic rings. The van der Waals surface area contributed by atoms with Gasteiger partial charge in [0.15, 0.2) is 0 Å². The molecule has 0 aromatic heterocycles. The van der Waals surface area contributed by atoms with E-state index in [1.165, 1.54) is 0 Å². The van der Waals surface area contributed by atoms with Crippen LogP contribution < -0.4 is 10.6 Å². The van der Waals surface area contributed by atoms with Gasteiger partial charge in [-0.1, -0.05) is 12.8 Å². The number of rotatable bonds is 3. The topological polar surface area (TPSA) is 78.4 Å². The summed E-state index contributed by atoms with van der Waals surface area (Å²) in [5.74, 6) is -1.19. The van der Waals surface area contributed by atoms with Crippen LogP contribution in [0, 0.1) is 11.3 Å². The van der Waals surface area contributed by atoms with Gasteiger partial charge < -0.3 is 15.7 Å². The SMILES string of the molecule is CC1(C(=O)NC2CCCCC2C(=O)O)CCCNC1. The molecule has 0 spiro atoms. The number of hydrogen-bond donors (Lipinski definition) is 3. The second-order valence-electron chi connectivity index (χ2n) is 6.15. The smallest absolute Gasteiger partial charge is 0.308 e. The highest BCUT2D eigenvalue weighted by molar-refractivity contribution is 5.83. The van der Waals surface area contributed by atoms with Crippen LogP contribution in [-0.4, -0.2) is 36.1 Å². The lowest BCUT2D eigenvalue weighted by Gasteiger charge is -2.36. The van der Waals surface area contributed by atoms with E-state index in [4.69, 9.17) is 0 Å². The third-order valence-corrected chi connectivity index (χ3v) is 4.55. The van der Waals surface area contributed by atoms with E-state index in [9.17, 15) is 14.7 Å². The molecule has 0 aromatic rings. The number of piperidine rings is 1. The summed E-state index contributed by atoms with van der Waals surface area (Å²) >= 11 is 0. The van der Waals surface area contributed by atoms with Gasteiger partial charge in [0.05, 0.1) is 11.3 Å². The van der Waals surface area contributed by atoms with Gasteiger partial charge in [0.1, 0.15) is 0 Å². The highest BCUT2D eigenvalue weighted by atomic mass is 16.4. The average Bonchev–Trinajstić information content (AvgIpc) is 2.40. The maximum Gasteiger partial charge on any atom is 0.308 e. The predicted molar refractivity (Wildman–Crippen MR) is 71.7 cm³/mol. The van der Waals surface area contributed by atoms with Crippen molar-refractivity contribution in [1.29, 1.82) is 0 Å². The summed E-state index contributed by atoms with van der Waals surface area (Å²) in [7, 11) is 0. The van der Waals surface area contributed by atoms with Crippen LogP contribution >= 0.6 is 0 Å². The molecular formula is C14H24N2O3. The zero-order valence-corrected chi connectivity index (χ0v) is 11.6. The minimum atomic E-state index is -0.781. The van der Waals surface area contributed by atoms with Crippen molar-refractivity contribution in [3.8, 4) is 0 Å². The Balaban J connectivity index is 1.98. The van der Waals surface area contributed by atoms with Gasteiger partial charge in [0, 0.05) is 12.6 Å². The van der Waals surface area contributed by atoms with E-state index in [1.54, 1.807) is 0 Å². The van der Waals surface area contributed by atoms with Gasteiger partial charge in [-0.15, -0.1) is 0 Å². The third kappa shape index (κ3) is 3.26. The van der Waals surface area contributed by atoms with Crippen LogP contribution in [0.25, 0.3) is 0 Å². The van der Waals surface area contributed by atoms with E-state index in [1.807, 2.05) is 6.92 Å². The third-order valence-electron chi connectivity index (χ3n) is 4.55. The fourth-order valence-electron chi connectivity index (χ4n) is 3.19. The number of amides is 1. The Labute approximate surface area is 114 Å². The first-order chi connectivity index (χ1) is 9.03. The van der Waals surface area contributed by atoms with Gasteiger partial charge >= 0.3 is 5.97 Å². The molecule has 19 heavy (non-hydrogen) atoms. The summed E-state index contributed by atoms with van der Waals surface area (Å²) in [5.41, 5.74) is -0.390. The second-order valence-corrected chi connectivity index (χ2v) is 6.15. The van der Waals surface area contributed by atoms with E-state index < -0.39 is 17.3 Å². The summed E-state index contributed by atoms with van der Waals surface area (Å²) in [4.78, 5) is 23.7. The molecule has 3 N–H and O–H groups in total. The minimum absolute atomic E-state index is 0.0119. The predicted octanol–water partition coefficient (Wildman–Crippen LogP) is 1.14. The molecule has 0 bridgehead atoms. The van der Waals surface area contributed by atoms with Crippen LogP contribution in [0.3, 0.4) is 0 Å². The van der Waals surface area contributed by atoms with E-state index >= 15 is 0 Å². The first kappa shape index (κ1) is 14.3. The summed E-state index contributed by atoms with van der Waals surface area (Å²) in [6.07, 6.45) is 5.28. The molecule has 1 amide bonds. The van der Waals surface area contributed by atoms with E-state index in [-0.39, 0.29) is 11.9 Å². The highest BCUT2D eigenvalue weighted by Gasteiger charge is 2.38. The minimum Gasteiger partial charge on any atom is -0.481 e. The van der Waals surface area contributed by atoms with Crippen LogP contribution in [0.1, 0.15) is 45.4 Å². The lowest BCUT2D eigenvalue weighted by atomic mass is 9.79. The summed E-state index contributed by atoms with van der Waals surface area (Å²) in [5, 5.41) is 15.5. The van der Waals surface area contributed by atoms with Crippen LogP contribution in [0.15, 0.2) is 0 Å². The Morgan fingerprint density at radius 1 is 1.26 bits per heavy atom. The molecule has 1 aliphatic carbocycles. The van der Waals surface area contributed by atoms with Crippen molar-refractivity contribution in [2.75, 3.05) is 13.1 Å². The quantitative estimate of drug-likeness (QED) is 0.717. The lowest BCUT2D eigenvalue weighted by Crippen LogP contribution is -2.54. The van der Waals surface area contributed by atoms with Crippen LogP contribution in [0.5, 0.6) is 0 Å². The average molecular weight is 268 g/mol. The van der Waals surface area contributed by atoms with Gasteiger partial charge in [-0.05, 0) is 39.2 Å². The molecule has 3 unspecified atom stereocenters. The van der Waals surface area contributed by atoms with Crippen LogP contribution in [-0.2, 0) is 9.59 Å². The van der Waals surface area contributed by atoms with Crippen molar-refractivity contribution in [3.63, 3.8) is 0 Å². The molecule has 5 nitrogen and oxygen atoms in total. The maximum atomic E-state index is 12.4. The van der Waals surface area contributed by atoms with E-state index in [0.29, 0.717) is 13.0 Å². The zero-order valence-electron chi connectivity index (χ0n) is 11.6. The molecule has 1 aliphatic heterocycles. The molecular weight excluding hydrogens is 244 g/mol. The maximum absolute atomic E-state index is 12.4. The van der Waals surface area contributed by atoms with Gasteiger partial charge in [0.25, 0.3) is 0 Å². The number of hydrogen-bond acceptors (Lipinski definition) is 3. The number of carbonyl (C=O) groups excluding carboxylic acids is 1. The number of carboxylic acid groups (broad SMARTS) is 1. The van der Waals surface area contributed by atoms with Crippen molar-refractivity contribution in [3.05, 3.63) is 0 Å². The Morgan fingerprint density at radius 3 is 2.63 bits per heavy atom. The summed E-state index contributed by atoms with van der Waals surface area (Å²) < 4.78 is 0. The van der Waals surface area contributed by atoms with Crippen molar-refractivity contribution in [2.45, 2.75) is 51.5 Å². The molecule has 2 rings (SSSR count). The molecule has 0 radical (unpaired) electrons. The van der Waals surface area contributed by atoms with Crippen molar-refractivity contribution in [2.24, 2.45) is 11.3 Å². The van der Waals surface area contributed by atoms with Crippen molar-refractivity contribution < 1.29 is 14.7 Å². The summed E-state index contributed by atoms with van der Waals surface area (Å²) in [6, 6.07) is -0.197. The second kappa shape index (κ2) is 5.90. The molecule has 0 aromatic carbocycles. The standard InChI is InChI=1S/C14H24N2O3/c1-14(7-4-8-15-9-14)13(19)16-11-6-3-2-5-10(11)12(17)18/h10-11,15H,2-9H2,1H3,(H,16,19)(H,17,18). The van der Waals surface area contributed by atoms with Crippen LogP contribution in [0.2, 0.25) is 0 Å². The van der Waals surface area contributed by atoms with Gasteiger partial charge in [-0.25, -0.2) is 0 Å². The molecule has 1 saturated heterocycles. The number of carbonyl (C=O) groups is 2. The Hall–Kier alpha value is -1.10. The largest absolute Gasteiger partial charge is 0.481 e. The Bertz CT molecular complexity index is 351. The number of carboxylic acids is 1. The monoisotopic (exact) mass is 268 g/mol. The number of nitrogens with one attached hydrogen (secondary N) is 2. The first-order valence-corrected chi connectivity index (χ1v) is 7.27. The zero-order chi connectivity index (χ0) is 13.9. The molecule has 3 atom stereocenters. The van der Waals surface area contributed by atoms with Crippen molar-refractivity contribution in [1.82, 2.24) is 10.6 Å². The van der Waals surface area contributed by atoms with Gasteiger partial charge in [-0.3, -0.25) is 9.59 Å². The Kier molecular flexibility index (Phi) is 4.45. The summed E-state index contributed by atoms with van der Waals surface area (Å²) in [6.45, 7) is 3.61. The fraction of sp³-hybridized carbons (Fsp3) is 0.857. The van der Waals surface area contributed by atoms with Gasteiger partial charge in [0.2, 0.25) is 5.91 Å². The molecule has 108 valence electrons. The first-order valence-electron chi connectivity index (χ1n) is 7.27. The van der Waals surface area contributed by atoms with E-state index in [2.05, 4.69) is 10.6 Å². The Morgan fingerprint density at radius 2 is 2.00 bits per heavy atom. The fourth-order valence-corrected chi connectivity index (χ4v) is 3.19. The number of aliphatic carboxylic acids is 1. The molecule has 5 heteroatoms. The van der Waals surface area contributed by atoms with Crippen LogP contribution in [0.4, 0.5) is 0 Å². The molecule has 1 heterocycles. The lowest BCUT2D eigenvalue weighted by molar-refractivity contribution is -0.144. The van der Waals surface area contributed by atoms with Crippen molar-refractivity contribution >= 4 is 11.9 Å². The molecule has 2 fully saturated rings. The normalized spacial score (nSPS) is 35.6.